The Hall–Kier alpha value is -0.650. The third kappa shape index (κ3) is 4.23. The molecular formula is C13H18BrFN2O. The third-order valence-corrected chi connectivity index (χ3v) is 3.51. The number of nitrogens with zero attached hydrogens (tertiary/aromatic N) is 1. The van der Waals surface area contributed by atoms with Crippen molar-refractivity contribution >= 4 is 15.9 Å². The molecule has 0 aliphatic carbocycles. The number of benzene rings is 1. The van der Waals surface area contributed by atoms with Gasteiger partial charge < -0.3 is 10.5 Å². The summed E-state index contributed by atoms with van der Waals surface area (Å²) in [5.74, 6) is 0.266. The highest BCUT2D eigenvalue weighted by atomic mass is 79.9. The van der Waals surface area contributed by atoms with Crippen molar-refractivity contribution in [1.82, 2.24) is 4.90 Å². The zero-order valence-corrected chi connectivity index (χ0v) is 11.8. The average molecular weight is 317 g/mol. The van der Waals surface area contributed by atoms with E-state index in [1.165, 1.54) is 12.1 Å². The fraction of sp³-hybridized carbons (Fsp3) is 0.538. The zero-order chi connectivity index (χ0) is 13.0. The second kappa shape index (κ2) is 6.50. The Bertz CT molecular complexity index is 382. The monoisotopic (exact) mass is 316 g/mol. The van der Waals surface area contributed by atoms with Crippen molar-refractivity contribution in [2.24, 2.45) is 5.73 Å². The number of hydrogen-bond donors (Lipinski definition) is 1. The van der Waals surface area contributed by atoms with Gasteiger partial charge in [-0.3, -0.25) is 4.90 Å². The second-order valence-corrected chi connectivity index (χ2v) is 5.57. The van der Waals surface area contributed by atoms with Gasteiger partial charge in [0, 0.05) is 29.7 Å². The van der Waals surface area contributed by atoms with Gasteiger partial charge in [0.1, 0.15) is 18.2 Å². The van der Waals surface area contributed by atoms with Crippen LogP contribution in [-0.2, 0) is 0 Å². The minimum absolute atomic E-state index is 0.280. The molecule has 0 bridgehead atoms. The first-order valence-corrected chi connectivity index (χ1v) is 6.99. The van der Waals surface area contributed by atoms with Crippen molar-refractivity contribution < 1.29 is 9.13 Å². The fourth-order valence-corrected chi connectivity index (χ4v) is 2.64. The van der Waals surface area contributed by atoms with Crippen LogP contribution in [0.15, 0.2) is 22.7 Å². The molecule has 1 atom stereocenters. The quantitative estimate of drug-likeness (QED) is 0.927. The van der Waals surface area contributed by atoms with Crippen LogP contribution >= 0.6 is 15.9 Å². The van der Waals surface area contributed by atoms with Crippen molar-refractivity contribution in [3.8, 4) is 5.75 Å². The zero-order valence-electron chi connectivity index (χ0n) is 10.2. The lowest BCUT2D eigenvalue weighted by Gasteiger charge is -2.30. The van der Waals surface area contributed by atoms with Gasteiger partial charge in [-0.15, -0.1) is 0 Å². The van der Waals surface area contributed by atoms with Gasteiger partial charge in [-0.25, -0.2) is 4.39 Å². The molecule has 100 valence electrons. The van der Waals surface area contributed by atoms with E-state index >= 15 is 0 Å². The SMILES string of the molecule is N[C@@H]1CCCN(CCOc2cc(F)cc(Br)c2)C1. The standard InChI is InChI=1S/C13H18BrFN2O/c14-10-6-11(15)8-13(7-10)18-5-4-17-3-1-2-12(16)9-17/h6-8,12H,1-5,9,16H2/t12-/m1/s1. The molecule has 18 heavy (non-hydrogen) atoms. The van der Waals surface area contributed by atoms with Crippen molar-refractivity contribution in [3.05, 3.63) is 28.5 Å². The van der Waals surface area contributed by atoms with Crippen LogP contribution in [0.1, 0.15) is 12.8 Å². The maximum Gasteiger partial charge on any atom is 0.128 e. The first-order chi connectivity index (χ1) is 8.63. The topological polar surface area (TPSA) is 38.5 Å². The molecule has 1 aliphatic heterocycles. The highest BCUT2D eigenvalue weighted by molar-refractivity contribution is 9.10. The number of piperidine rings is 1. The van der Waals surface area contributed by atoms with Crippen LogP contribution in [0.4, 0.5) is 4.39 Å². The summed E-state index contributed by atoms with van der Waals surface area (Å²) in [4.78, 5) is 2.29. The van der Waals surface area contributed by atoms with Gasteiger partial charge in [-0.05, 0) is 31.5 Å². The predicted molar refractivity (Wildman–Crippen MR) is 73.2 cm³/mol. The number of ether oxygens (including phenoxy) is 1. The fourth-order valence-electron chi connectivity index (χ4n) is 2.20. The van der Waals surface area contributed by atoms with Crippen LogP contribution in [0.3, 0.4) is 0 Å². The molecule has 0 aromatic heterocycles. The van der Waals surface area contributed by atoms with Crippen LogP contribution in [0.25, 0.3) is 0 Å². The molecule has 0 unspecified atom stereocenters. The second-order valence-electron chi connectivity index (χ2n) is 4.66. The minimum atomic E-state index is -0.292. The molecule has 2 N–H and O–H groups in total. The van der Waals surface area contributed by atoms with Crippen LogP contribution < -0.4 is 10.5 Å². The summed E-state index contributed by atoms with van der Waals surface area (Å²) in [6, 6.07) is 4.86. The summed E-state index contributed by atoms with van der Waals surface area (Å²) in [6.07, 6.45) is 2.25. The molecule has 0 saturated carbocycles. The average Bonchev–Trinajstić information content (AvgIpc) is 2.27. The molecule has 0 spiro atoms. The molecule has 1 saturated heterocycles. The Morgan fingerprint density at radius 3 is 3.00 bits per heavy atom. The highest BCUT2D eigenvalue weighted by Crippen LogP contribution is 2.20. The van der Waals surface area contributed by atoms with Gasteiger partial charge in [-0.2, -0.15) is 0 Å². The number of nitrogens with two attached hydrogens (primary N) is 1. The summed E-state index contributed by atoms with van der Waals surface area (Å²) < 4.78 is 19.4. The number of hydrogen-bond acceptors (Lipinski definition) is 3. The lowest BCUT2D eigenvalue weighted by Crippen LogP contribution is -2.44. The van der Waals surface area contributed by atoms with E-state index < -0.39 is 0 Å². The van der Waals surface area contributed by atoms with E-state index in [1.807, 2.05) is 0 Å². The molecule has 3 nitrogen and oxygen atoms in total. The van der Waals surface area contributed by atoms with E-state index in [1.54, 1.807) is 6.07 Å². The van der Waals surface area contributed by atoms with Crippen LogP contribution in [-0.4, -0.2) is 37.2 Å². The van der Waals surface area contributed by atoms with Gasteiger partial charge >= 0.3 is 0 Å². The van der Waals surface area contributed by atoms with E-state index in [-0.39, 0.29) is 11.9 Å². The Morgan fingerprint density at radius 2 is 2.28 bits per heavy atom. The van der Waals surface area contributed by atoms with Gasteiger partial charge in [0.25, 0.3) is 0 Å². The van der Waals surface area contributed by atoms with Gasteiger partial charge in [0.05, 0.1) is 0 Å². The van der Waals surface area contributed by atoms with E-state index in [4.69, 9.17) is 10.5 Å². The van der Waals surface area contributed by atoms with Crippen molar-refractivity contribution in [2.75, 3.05) is 26.2 Å². The Labute approximate surface area is 115 Å². The normalized spacial score (nSPS) is 20.9. The maximum atomic E-state index is 13.1. The minimum Gasteiger partial charge on any atom is -0.492 e. The lowest BCUT2D eigenvalue weighted by molar-refractivity contribution is 0.171. The molecule has 1 aromatic carbocycles. The highest BCUT2D eigenvalue weighted by Gasteiger charge is 2.16. The van der Waals surface area contributed by atoms with E-state index in [2.05, 4.69) is 20.8 Å². The van der Waals surface area contributed by atoms with Crippen molar-refractivity contribution in [1.29, 1.82) is 0 Å². The molecule has 1 aliphatic rings. The Balaban J connectivity index is 1.77. The third-order valence-electron chi connectivity index (χ3n) is 3.05. The molecule has 1 heterocycles. The largest absolute Gasteiger partial charge is 0.492 e. The van der Waals surface area contributed by atoms with Crippen LogP contribution in [0, 0.1) is 5.82 Å². The first kappa shape index (κ1) is 13.8. The summed E-state index contributed by atoms with van der Waals surface area (Å²) in [6.45, 7) is 3.39. The molecule has 1 aromatic rings. The molecule has 0 amide bonds. The smallest absolute Gasteiger partial charge is 0.128 e. The molecule has 2 rings (SSSR count). The summed E-state index contributed by atoms with van der Waals surface area (Å²) in [7, 11) is 0. The van der Waals surface area contributed by atoms with Crippen molar-refractivity contribution in [2.45, 2.75) is 18.9 Å². The predicted octanol–water partition coefficient (Wildman–Crippen LogP) is 2.39. The molecule has 5 heteroatoms. The first-order valence-electron chi connectivity index (χ1n) is 6.20. The lowest BCUT2D eigenvalue weighted by atomic mass is 10.1. The van der Waals surface area contributed by atoms with Gasteiger partial charge in [0.2, 0.25) is 0 Å². The van der Waals surface area contributed by atoms with Crippen LogP contribution in [0.2, 0.25) is 0 Å². The number of halogens is 2. The van der Waals surface area contributed by atoms with E-state index in [0.717, 1.165) is 32.5 Å². The summed E-state index contributed by atoms with van der Waals surface area (Å²) >= 11 is 3.24. The number of likely N-dealkylation sites (tertiary alicyclic amines) is 1. The number of rotatable bonds is 4. The maximum absolute atomic E-state index is 13.1. The van der Waals surface area contributed by atoms with E-state index in [9.17, 15) is 4.39 Å². The molecular weight excluding hydrogens is 299 g/mol. The van der Waals surface area contributed by atoms with Crippen molar-refractivity contribution in [3.63, 3.8) is 0 Å². The Kier molecular flexibility index (Phi) is 4.97. The molecule has 1 fully saturated rings. The van der Waals surface area contributed by atoms with Gasteiger partial charge in [-0.1, -0.05) is 15.9 Å². The Morgan fingerprint density at radius 1 is 1.44 bits per heavy atom. The summed E-state index contributed by atoms with van der Waals surface area (Å²) in [5.41, 5.74) is 5.91. The van der Waals surface area contributed by atoms with Gasteiger partial charge in [0.15, 0.2) is 0 Å². The molecule has 0 radical (unpaired) electrons. The van der Waals surface area contributed by atoms with E-state index in [0.29, 0.717) is 16.8 Å². The summed E-state index contributed by atoms with van der Waals surface area (Å²) in [5, 5.41) is 0. The van der Waals surface area contributed by atoms with Crippen LogP contribution in [0.5, 0.6) is 5.75 Å².